The van der Waals surface area contributed by atoms with Gasteiger partial charge in [-0.05, 0) is 36.8 Å². The van der Waals surface area contributed by atoms with Gasteiger partial charge in [0.25, 0.3) is 0 Å². The van der Waals surface area contributed by atoms with Crippen molar-refractivity contribution in [2.45, 2.75) is 44.6 Å². The van der Waals surface area contributed by atoms with E-state index in [1.807, 2.05) is 0 Å². The molecule has 0 bridgehead atoms. The first-order valence-corrected chi connectivity index (χ1v) is 7.55. The molecule has 20 heavy (non-hydrogen) atoms. The number of fused-ring (bicyclic) bond motifs is 1. The molecule has 2 heterocycles. The van der Waals surface area contributed by atoms with Gasteiger partial charge in [0.05, 0.1) is 0 Å². The van der Waals surface area contributed by atoms with Crippen LogP contribution in [0, 0.1) is 0 Å². The van der Waals surface area contributed by atoms with Crippen LogP contribution in [0.3, 0.4) is 0 Å². The van der Waals surface area contributed by atoms with Crippen LogP contribution in [0.25, 0.3) is 0 Å². The molecular weight excluding hydrogens is 250 g/mol. The maximum absolute atomic E-state index is 5.90. The Balaban J connectivity index is 1.57. The third kappa shape index (κ3) is 2.09. The fraction of sp³-hybridized carbons (Fsp3) is 0.500. The van der Waals surface area contributed by atoms with Crippen LogP contribution < -0.4 is 4.90 Å². The molecule has 104 valence electrons. The van der Waals surface area contributed by atoms with E-state index < -0.39 is 0 Å². The number of hydrogen-bond donors (Lipinski definition) is 0. The molecule has 0 N–H and O–H groups in total. The van der Waals surface area contributed by atoms with E-state index in [4.69, 9.17) is 4.42 Å². The molecule has 1 aromatic heterocycles. The molecule has 2 aliphatic rings. The van der Waals surface area contributed by atoms with E-state index in [-0.39, 0.29) is 0 Å². The fourth-order valence-corrected chi connectivity index (χ4v) is 3.04. The molecular formula is C16H19N3O. The molecule has 0 amide bonds. The molecule has 0 saturated heterocycles. The second kappa shape index (κ2) is 4.93. The first kappa shape index (κ1) is 11.9. The normalized spacial score (nSPS) is 19.3. The van der Waals surface area contributed by atoms with Gasteiger partial charge in [-0.15, -0.1) is 5.10 Å². The van der Waals surface area contributed by atoms with Crippen LogP contribution in [-0.2, 0) is 13.0 Å². The van der Waals surface area contributed by atoms with Crippen molar-refractivity contribution in [3.63, 3.8) is 0 Å². The van der Waals surface area contributed by atoms with E-state index >= 15 is 0 Å². The summed E-state index contributed by atoms with van der Waals surface area (Å²) in [6, 6.07) is 9.36. The summed E-state index contributed by atoms with van der Waals surface area (Å²) in [5.41, 5.74) is 2.84. The second-order valence-electron chi connectivity index (χ2n) is 5.84. The number of aryl methyl sites for hydroxylation is 1. The Labute approximate surface area is 118 Å². The van der Waals surface area contributed by atoms with Crippen LogP contribution in [0.15, 0.2) is 28.7 Å². The molecule has 1 aliphatic carbocycles. The molecule has 1 saturated carbocycles. The number of aromatic nitrogens is 2. The van der Waals surface area contributed by atoms with Gasteiger partial charge in [0.15, 0.2) is 0 Å². The molecule has 4 nitrogen and oxygen atoms in total. The Hall–Kier alpha value is -1.84. The van der Waals surface area contributed by atoms with E-state index in [0.29, 0.717) is 11.9 Å². The van der Waals surface area contributed by atoms with Gasteiger partial charge in [-0.25, -0.2) is 0 Å². The molecule has 1 aromatic carbocycles. The molecule has 0 unspecified atom stereocenters. The van der Waals surface area contributed by atoms with Crippen molar-refractivity contribution >= 4 is 6.01 Å². The Morgan fingerprint density at radius 3 is 2.70 bits per heavy atom. The molecule has 4 heteroatoms. The van der Waals surface area contributed by atoms with Crippen LogP contribution in [0.1, 0.15) is 48.6 Å². The van der Waals surface area contributed by atoms with Gasteiger partial charge in [0.1, 0.15) is 0 Å². The van der Waals surface area contributed by atoms with E-state index in [0.717, 1.165) is 31.8 Å². The highest BCUT2D eigenvalue weighted by Crippen LogP contribution is 2.36. The first-order valence-electron chi connectivity index (χ1n) is 7.55. The summed E-state index contributed by atoms with van der Waals surface area (Å²) in [5.74, 6) is 1.35. The summed E-state index contributed by atoms with van der Waals surface area (Å²) in [5, 5.41) is 8.51. The minimum Gasteiger partial charge on any atom is -0.408 e. The monoisotopic (exact) mass is 269 g/mol. The highest BCUT2D eigenvalue weighted by atomic mass is 16.4. The van der Waals surface area contributed by atoms with Crippen molar-refractivity contribution in [3.05, 3.63) is 41.3 Å². The van der Waals surface area contributed by atoms with Crippen molar-refractivity contribution in [1.29, 1.82) is 0 Å². The molecule has 0 radical (unpaired) electrons. The lowest BCUT2D eigenvalue weighted by atomic mass is 9.85. The Bertz CT molecular complexity index is 603. The lowest BCUT2D eigenvalue weighted by molar-refractivity contribution is 0.335. The first-order chi connectivity index (χ1) is 9.90. The van der Waals surface area contributed by atoms with Crippen molar-refractivity contribution in [1.82, 2.24) is 10.2 Å². The zero-order valence-corrected chi connectivity index (χ0v) is 11.6. The third-order valence-corrected chi connectivity index (χ3v) is 4.51. The maximum atomic E-state index is 5.90. The van der Waals surface area contributed by atoms with Crippen molar-refractivity contribution in [3.8, 4) is 0 Å². The largest absolute Gasteiger partial charge is 0.408 e. The summed E-state index contributed by atoms with van der Waals surface area (Å²) in [4.78, 5) is 2.22. The van der Waals surface area contributed by atoms with Crippen molar-refractivity contribution < 1.29 is 4.42 Å². The molecule has 0 spiro atoms. The average molecular weight is 269 g/mol. The second-order valence-corrected chi connectivity index (χ2v) is 5.84. The van der Waals surface area contributed by atoms with E-state index in [9.17, 15) is 0 Å². The van der Waals surface area contributed by atoms with Gasteiger partial charge in [-0.2, -0.15) is 0 Å². The third-order valence-electron chi connectivity index (χ3n) is 4.51. The summed E-state index contributed by atoms with van der Waals surface area (Å²) in [7, 11) is 0. The van der Waals surface area contributed by atoms with E-state index in [1.165, 1.54) is 30.4 Å². The van der Waals surface area contributed by atoms with Gasteiger partial charge < -0.3 is 9.32 Å². The predicted molar refractivity (Wildman–Crippen MR) is 76.7 cm³/mol. The highest BCUT2D eigenvalue weighted by molar-refractivity contribution is 5.35. The van der Waals surface area contributed by atoms with Crippen LogP contribution in [0.5, 0.6) is 0 Å². The number of rotatable bonds is 2. The van der Waals surface area contributed by atoms with Crippen LogP contribution in [0.2, 0.25) is 0 Å². The smallest absolute Gasteiger partial charge is 0.318 e. The van der Waals surface area contributed by atoms with Gasteiger partial charge in [-0.1, -0.05) is 35.8 Å². The van der Waals surface area contributed by atoms with Gasteiger partial charge in [-0.3, -0.25) is 0 Å². The summed E-state index contributed by atoms with van der Waals surface area (Å²) in [6.07, 6.45) is 5.96. The van der Waals surface area contributed by atoms with Crippen LogP contribution in [-0.4, -0.2) is 16.7 Å². The Morgan fingerprint density at radius 2 is 1.90 bits per heavy atom. The lowest BCUT2D eigenvalue weighted by Gasteiger charge is -2.21. The Morgan fingerprint density at radius 1 is 1.05 bits per heavy atom. The lowest BCUT2D eigenvalue weighted by Crippen LogP contribution is -2.22. The number of anilines is 1. The molecule has 2 aromatic rings. The summed E-state index contributed by atoms with van der Waals surface area (Å²) >= 11 is 0. The zero-order chi connectivity index (χ0) is 13.4. The Kier molecular flexibility index (Phi) is 2.94. The van der Waals surface area contributed by atoms with Crippen LogP contribution in [0.4, 0.5) is 6.01 Å². The highest BCUT2D eigenvalue weighted by Gasteiger charge is 2.27. The number of hydrogen-bond acceptors (Lipinski definition) is 4. The minimum atomic E-state index is 0.510. The zero-order valence-electron chi connectivity index (χ0n) is 11.6. The van der Waals surface area contributed by atoms with Crippen LogP contribution >= 0.6 is 0 Å². The molecule has 1 fully saturated rings. The maximum Gasteiger partial charge on any atom is 0.318 e. The standard InChI is InChI=1S/C16H19N3O/c1-2-6-14-11-19(10-4-9-12(14)5-1)16-18-17-15(20-16)13-7-3-8-13/h1-2,5-6,13H,3-4,7-11H2. The minimum absolute atomic E-state index is 0.510. The van der Waals surface area contributed by atoms with Gasteiger partial charge in [0, 0.05) is 19.0 Å². The molecule has 0 atom stereocenters. The SMILES string of the molecule is c1ccc2c(c1)CCCN(c1nnc(C3CCC3)o1)C2. The van der Waals surface area contributed by atoms with Gasteiger partial charge >= 0.3 is 6.01 Å². The quantitative estimate of drug-likeness (QED) is 0.839. The molecule has 4 rings (SSSR count). The molecule has 1 aliphatic heterocycles. The average Bonchev–Trinajstić information content (AvgIpc) is 2.76. The van der Waals surface area contributed by atoms with Crippen molar-refractivity contribution in [2.75, 3.05) is 11.4 Å². The topological polar surface area (TPSA) is 42.2 Å². The predicted octanol–water partition coefficient (Wildman–Crippen LogP) is 3.29. The number of benzene rings is 1. The summed E-state index contributed by atoms with van der Waals surface area (Å²) < 4.78 is 5.90. The van der Waals surface area contributed by atoms with Crippen molar-refractivity contribution in [2.24, 2.45) is 0 Å². The summed E-state index contributed by atoms with van der Waals surface area (Å²) in [6.45, 7) is 1.86. The van der Waals surface area contributed by atoms with E-state index in [1.54, 1.807) is 0 Å². The van der Waals surface area contributed by atoms with Gasteiger partial charge in [0.2, 0.25) is 5.89 Å². The fourth-order valence-electron chi connectivity index (χ4n) is 3.04. The van der Waals surface area contributed by atoms with E-state index in [2.05, 4.69) is 39.4 Å². The number of nitrogens with zero attached hydrogens (tertiary/aromatic N) is 3.